The predicted octanol–water partition coefficient (Wildman–Crippen LogP) is 8.10. The van der Waals surface area contributed by atoms with Gasteiger partial charge < -0.3 is 40.1 Å². The zero-order chi connectivity index (χ0) is 82.4. The van der Waals surface area contributed by atoms with Crippen LogP contribution in [0.1, 0.15) is 196 Å². The number of amides is 6. The number of piperidine rings is 2. The van der Waals surface area contributed by atoms with Crippen LogP contribution in [0, 0.1) is 35.5 Å². The molecule has 2 unspecified atom stereocenters. The molecule has 8 fully saturated rings. The molecule has 6 amide bonds. The first-order valence-electron chi connectivity index (χ1n) is 40.9. The van der Waals surface area contributed by atoms with E-state index in [0.29, 0.717) is 82.4 Å². The van der Waals surface area contributed by atoms with E-state index in [0.717, 1.165) is 128 Å². The fraction of sp³-hybridized carbons (Fsp3) is 0.494. The summed E-state index contributed by atoms with van der Waals surface area (Å²) in [4.78, 5) is 118. The fourth-order valence-corrected chi connectivity index (χ4v) is 18.4. The van der Waals surface area contributed by atoms with Crippen molar-refractivity contribution in [3.8, 4) is 23.7 Å². The Morgan fingerprint density at radius 3 is 1.49 bits per heavy atom. The number of benzene rings is 2. The van der Waals surface area contributed by atoms with Gasteiger partial charge in [0, 0.05) is 84.2 Å². The summed E-state index contributed by atoms with van der Waals surface area (Å²) in [6.45, 7) is 6.11. The maximum absolute atomic E-state index is 14.3. The summed E-state index contributed by atoms with van der Waals surface area (Å²) in [5.74, 6) is 12.5. The number of hydrogen-bond acceptors (Lipinski definition) is 20. The van der Waals surface area contributed by atoms with Crippen molar-refractivity contribution in [3.63, 3.8) is 0 Å². The van der Waals surface area contributed by atoms with Crippen molar-refractivity contribution in [2.45, 2.75) is 177 Å². The fourth-order valence-electron chi connectivity index (χ4n) is 18.4. The minimum absolute atomic E-state index is 0.0178. The molecule has 6 saturated heterocycles. The number of aromatic nitrogens is 14. The number of imide groups is 2. The van der Waals surface area contributed by atoms with Gasteiger partial charge in [0.25, 0.3) is 24.7 Å². The summed E-state index contributed by atoms with van der Waals surface area (Å²) in [6.07, 6.45) is 16.5. The van der Waals surface area contributed by atoms with Crippen LogP contribution >= 0.6 is 0 Å². The minimum Gasteiger partial charge on any atom is -0.374 e. The number of rotatable bonds is 22. The van der Waals surface area contributed by atoms with Crippen LogP contribution < -0.4 is 47.8 Å². The Labute approximate surface area is 679 Å². The van der Waals surface area contributed by atoms with E-state index in [9.17, 15) is 55.9 Å². The van der Waals surface area contributed by atoms with Crippen LogP contribution in [0.3, 0.4) is 0 Å². The predicted molar refractivity (Wildman–Crippen MR) is 429 cm³/mol. The second-order valence-corrected chi connectivity index (χ2v) is 32.4. The maximum atomic E-state index is 14.3. The molecular weight excluding hydrogens is 1540 g/mol. The zero-order valence-corrected chi connectivity index (χ0v) is 66.1. The number of imidazole rings is 2. The molecule has 18 rings (SSSR count). The number of unbranched alkanes of at least 4 members (excludes halogenated alkanes) is 2. The van der Waals surface area contributed by atoms with Gasteiger partial charge in [-0.05, 0) is 165 Å². The Bertz CT molecular complexity index is 5860. The number of nitrogens with zero attached hydrogens (tertiary/aromatic N) is 17. The molecule has 4 bridgehead atoms. The van der Waals surface area contributed by atoms with Crippen molar-refractivity contribution < 1.29 is 55.8 Å². The Balaban J connectivity index is 0.000000170. The third-order valence-electron chi connectivity index (χ3n) is 24.6. The van der Waals surface area contributed by atoms with Gasteiger partial charge in [0.2, 0.25) is 23.6 Å². The molecule has 2 saturated carbocycles. The van der Waals surface area contributed by atoms with Gasteiger partial charge >= 0.3 is 11.4 Å². The number of anilines is 4. The molecule has 14 heterocycles. The van der Waals surface area contributed by atoms with E-state index in [1.165, 1.54) is 52.1 Å². The summed E-state index contributed by atoms with van der Waals surface area (Å²) in [6, 6.07) is 13.5. The summed E-state index contributed by atoms with van der Waals surface area (Å²) >= 11 is 0. The SMILES string of the molecule is CN(CCCC#Cc1cccc2c1n(C)c(=O)n2C1CCC(=O)NC1=O)CC1CCC(n2cc(NC(=O)c3cnn4ccc(N5C[C@H]6C[C@@H]5CO6)nc34)c(C(F)F)n2)CC1.Cn1c(=O)n(C2CCC(=O)NC2=O)c2cccc(C#CCCCNCC3CCC(n4cc(NC(=O)c5cnn6ccc(N7C[C@H]8C[C@@H]7CO8)nc56)c(C(F)F)n4)CC3)c21. The Hall–Kier alpha value is -11.9. The third-order valence-corrected chi connectivity index (χ3v) is 24.6. The van der Waals surface area contributed by atoms with E-state index in [2.05, 4.69) is 92.4 Å². The lowest BCUT2D eigenvalue weighted by Crippen LogP contribution is -2.44. The van der Waals surface area contributed by atoms with Gasteiger partial charge in [0.15, 0.2) is 22.7 Å². The van der Waals surface area contributed by atoms with Gasteiger partial charge in [0.05, 0.1) is 107 Å². The Morgan fingerprint density at radius 1 is 0.588 bits per heavy atom. The molecule has 6 aliphatic heterocycles. The second kappa shape index (κ2) is 33.9. The highest BCUT2D eigenvalue weighted by Crippen LogP contribution is 2.40. The monoisotopic (exact) mass is 1630 g/mol. The average molecular weight is 1630 g/mol. The minimum atomic E-state index is -2.87. The van der Waals surface area contributed by atoms with Crippen molar-refractivity contribution in [2.24, 2.45) is 25.9 Å². The summed E-state index contributed by atoms with van der Waals surface area (Å²) in [5.41, 5.74) is 3.38. The number of para-hydroxylation sites is 2. The molecule has 6 atom stereocenters. The average Bonchev–Trinajstić information content (AvgIpc) is 1.61. The number of carbonyl (C=O) groups is 6. The number of morpholine rings is 2. The molecule has 0 radical (unpaired) electrons. The van der Waals surface area contributed by atoms with E-state index in [-0.39, 0.29) is 108 Å². The van der Waals surface area contributed by atoms with Crippen LogP contribution in [0.15, 0.2) is 95.3 Å². The molecule has 36 heteroatoms. The topological polar surface area (TPSA) is 341 Å². The maximum Gasteiger partial charge on any atom is 0.329 e. The summed E-state index contributed by atoms with van der Waals surface area (Å²) in [7, 11) is 5.42. The molecule has 119 heavy (non-hydrogen) atoms. The van der Waals surface area contributed by atoms with Crippen molar-refractivity contribution in [1.29, 1.82) is 0 Å². The first-order chi connectivity index (χ1) is 57.6. The second-order valence-electron chi connectivity index (χ2n) is 32.4. The summed E-state index contributed by atoms with van der Waals surface area (Å²) in [5, 5.41) is 30.6. The van der Waals surface area contributed by atoms with E-state index >= 15 is 0 Å². The number of carbonyl (C=O) groups excluding carboxylic acids is 6. The number of nitrogens with one attached hydrogen (secondary N) is 5. The zero-order valence-electron chi connectivity index (χ0n) is 66.1. The van der Waals surface area contributed by atoms with Crippen molar-refractivity contribution in [2.75, 3.05) is 80.0 Å². The van der Waals surface area contributed by atoms with Crippen LogP contribution in [-0.4, -0.2) is 191 Å². The summed E-state index contributed by atoms with van der Waals surface area (Å²) < 4.78 is 80.5. The highest BCUT2D eigenvalue weighted by molar-refractivity contribution is 6.09. The molecule has 622 valence electrons. The molecule has 32 nitrogen and oxygen atoms in total. The van der Waals surface area contributed by atoms with E-state index < -0.39 is 60.0 Å². The molecular formula is C83H92F4N22O10. The van der Waals surface area contributed by atoms with E-state index in [4.69, 9.17) is 19.4 Å². The van der Waals surface area contributed by atoms with E-state index in [1.807, 2.05) is 36.4 Å². The first kappa shape index (κ1) is 79.6. The number of alkyl halides is 4. The van der Waals surface area contributed by atoms with Gasteiger partial charge in [-0.25, -0.2) is 46.1 Å². The smallest absolute Gasteiger partial charge is 0.329 e. The highest BCUT2D eigenvalue weighted by Gasteiger charge is 2.42. The molecule has 5 N–H and O–H groups in total. The Kier molecular flexibility index (Phi) is 22.7. The van der Waals surface area contributed by atoms with Gasteiger partial charge in [-0.2, -0.15) is 20.4 Å². The number of fused-ring (bicyclic) bond motifs is 8. The van der Waals surface area contributed by atoms with Gasteiger partial charge in [-0.1, -0.05) is 35.8 Å². The van der Waals surface area contributed by atoms with Crippen molar-refractivity contribution in [1.82, 2.24) is 87.9 Å². The number of hydrogen-bond donors (Lipinski definition) is 5. The Morgan fingerprint density at radius 2 is 1.05 bits per heavy atom. The molecule has 2 aliphatic carbocycles. The van der Waals surface area contributed by atoms with Crippen LogP contribution in [-0.2, 0) is 42.7 Å². The molecule has 0 spiro atoms. The van der Waals surface area contributed by atoms with Crippen molar-refractivity contribution >= 4 is 91.8 Å². The van der Waals surface area contributed by atoms with Crippen LogP contribution in [0.2, 0.25) is 0 Å². The quantitative estimate of drug-likeness (QED) is 0.0185. The van der Waals surface area contributed by atoms with Crippen LogP contribution in [0.4, 0.5) is 40.6 Å². The van der Waals surface area contributed by atoms with Gasteiger partial charge in [-0.3, -0.25) is 67.0 Å². The van der Waals surface area contributed by atoms with Crippen LogP contribution in [0.25, 0.3) is 33.4 Å². The molecule has 10 aromatic rings. The number of aryl methyl sites for hydroxylation is 2. The normalized spacial score (nSPS) is 22.9. The van der Waals surface area contributed by atoms with Gasteiger partial charge in [0.1, 0.15) is 34.8 Å². The number of ether oxygens (including phenoxy) is 2. The lowest BCUT2D eigenvalue weighted by atomic mass is 9.86. The molecule has 2 aromatic carbocycles. The molecule has 8 aromatic heterocycles. The third kappa shape index (κ3) is 16.3. The van der Waals surface area contributed by atoms with Gasteiger partial charge in [-0.15, -0.1) is 0 Å². The lowest BCUT2D eigenvalue weighted by molar-refractivity contribution is -0.137. The standard InChI is InChI=1S/C42H47F2N11O5.C41H45F2N11O5/c1-50(17-5-3-4-7-26-8-6-9-32-37(26)51(2)42(59)55(32)33-14-15-35(56)48-41(33)58)21-25-10-12-27(13-11-25)54-23-31(36(49-54)38(43)44)46-40(57)30-20-45-53-18-16-34(47-39(30)53)52-22-29-19-28(52)24-60-29;1-50-36-25(7-5-8-31(36)54(41(50)58)32-13-14-34(55)48-40(32)57)6-3-2-4-16-44-19-24-9-11-26(12-10-24)53-22-30(35(49-53)37(42)43)46-39(56)29-20-45-52-17-15-33(47-38(29)52)51-21-28-18-27(51)23-59-28/h6,8-9,16,18,20,23,25,27-29,33,38H,3,5,10-15,17,19,21-22,24H2,1-2H3,(H,46,57)(H,48,56,58);5,7-8,15,17,20,22,24,26-28,32,37,44H,2,4,9-14,16,18-19,21,23H2,1H3,(H,46,56)(H,48,55,57)/t25?,27?,28-,29-,33?;24?,26?,27-,28-,32?/m11/s1. The lowest BCUT2D eigenvalue weighted by Gasteiger charge is -2.31. The highest BCUT2D eigenvalue weighted by atomic mass is 19.3. The molecule has 8 aliphatic rings. The number of halogens is 4. The van der Waals surface area contributed by atoms with Crippen LogP contribution in [0.5, 0.6) is 0 Å². The largest absolute Gasteiger partial charge is 0.374 e. The van der Waals surface area contributed by atoms with E-state index in [1.54, 1.807) is 48.0 Å². The first-order valence-corrected chi connectivity index (χ1v) is 40.9. The van der Waals surface area contributed by atoms with Crippen molar-refractivity contribution in [3.05, 3.63) is 140 Å².